The summed E-state index contributed by atoms with van der Waals surface area (Å²) in [6.45, 7) is 1.73. The van der Waals surface area contributed by atoms with Crippen molar-refractivity contribution in [1.82, 2.24) is 14.5 Å². The van der Waals surface area contributed by atoms with Gasteiger partial charge in [-0.05, 0) is 43.7 Å². The monoisotopic (exact) mass is 377 g/mol. The Morgan fingerprint density at radius 1 is 1.00 bits per heavy atom. The first-order valence-corrected chi connectivity index (χ1v) is 11.1. The van der Waals surface area contributed by atoms with Gasteiger partial charge in [0.1, 0.15) is 0 Å². The molecule has 1 aromatic carbocycles. The molecular weight excluding hydrogens is 350 g/mol. The molecule has 3 fully saturated rings. The Balaban J connectivity index is 1.31. The molecule has 1 aromatic rings. The average molecular weight is 378 g/mol. The van der Waals surface area contributed by atoms with Gasteiger partial charge in [-0.1, -0.05) is 18.2 Å². The summed E-state index contributed by atoms with van der Waals surface area (Å²) in [7, 11) is -3.46. The second-order valence-electron chi connectivity index (χ2n) is 7.78. The minimum Gasteiger partial charge on any atom is -0.340 e. The number of nitrogens with one attached hydrogen (secondary N) is 1. The molecule has 0 spiro atoms. The van der Waals surface area contributed by atoms with Crippen molar-refractivity contribution in [2.24, 2.45) is 5.92 Å². The summed E-state index contributed by atoms with van der Waals surface area (Å²) in [5.74, 6) is 0.667. The third-order valence-electron chi connectivity index (χ3n) is 6.01. The van der Waals surface area contributed by atoms with Crippen molar-refractivity contribution in [2.45, 2.75) is 49.1 Å². The maximum atomic E-state index is 12.7. The van der Waals surface area contributed by atoms with Crippen LogP contribution in [-0.4, -0.2) is 61.8 Å². The number of hydrogen-bond acceptors (Lipinski definition) is 4. The van der Waals surface area contributed by atoms with Crippen LogP contribution in [0, 0.1) is 5.92 Å². The Hall–Kier alpha value is -1.44. The van der Waals surface area contributed by atoms with Crippen molar-refractivity contribution < 1.29 is 13.2 Å². The number of nitrogens with zero attached hydrogens (tertiary/aromatic N) is 2. The maximum absolute atomic E-state index is 12.7. The highest BCUT2D eigenvalue weighted by molar-refractivity contribution is 7.89. The molecule has 4 rings (SSSR count). The fourth-order valence-corrected chi connectivity index (χ4v) is 6.08. The van der Waals surface area contributed by atoms with Crippen LogP contribution in [-0.2, 0) is 14.8 Å². The summed E-state index contributed by atoms with van der Waals surface area (Å²) in [5.41, 5.74) is 0. The van der Waals surface area contributed by atoms with Gasteiger partial charge in [0.2, 0.25) is 15.9 Å². The van der Waals surface area contributed by atoms with Crippen molar-refractivity contribution >= 4 is 15.9 Å². The minimum atomic E-state index is -3.46. The second-order valence-corrected chi connectivity index (χ2v) is 9.72. The molecule has 3 aliphatic heterocycles. The fraction of sp³-hybridized carbons (Fsp3) is 0.632. The summed E-state index contributed by atoms with van der Waals surface area (Å²) >= 11 is 0. The van der Waals surface area contributed by atoms with E-state index in [0.29, 0.717) is 55.5 Å². The molecule has 7 heteroatoms. The van der Waals surface area contributed by atoms with Crippen LogP contribution in [0.5, 0.6) is 0 Å². The van der Waals surface area contributed by atoms with Crippen LogP contribution in [0.4, 0.5) is 0 Å². The molecule has 0 aliphatic carbocycles. The number of sulfonamides is 1. The van der Waals surface area contributed by atoms with Gasteiger partial charge in [-0.15, -0.1) is 0 Å². The van der Waals surface area contributed by atoms with E-state index in [9.17, 15) is 13.2 Å². The first-order chi connectivity index (χ1) is 12.5. The molecule has 2 bridgehead atoms. The van der Waals surface area contributed by atoms with Gasteiger partial charge in [0, 0.05) is 44.7 Å². The van der Waals surface area contributed by atoms with Gasteiger partial charge < -0.3 is 10.2 Å². The summed E-state index contributed by atoms with van der Waals surface area (Å²) in [4.78, 5) is 14.8. The van der Waals surface area contributed by atoms with Crippen molar-refractivity contribution in [3.8, 4) is 0 Å². The van der Waals surface area contributed by atoms with E-state index in [4.69, 9.17) is 0 Å². The molecule has 142 valence electrons. The van der Waals surface area contributed by atoms with E-state index in [-0.39, 0.29) is 5.91 Å². The van der Waals surface area contributed by atoms with E-state index in [1.165, 1.54) is 17.1 Å². The van der Waals surface area contributed by atoms with Gasteiger partial charge >= 0.3 is 0 Å². The second kappa shape index (κ2) is 7.29. The zero-order valence-corrected chi connectivity index (χ0v) is 15.8. The molecule has 0 radical (unpaired) electrons. The lowest BCUT2D eigenvalue weighted by Crippen LogP contribution is -2.51. The molecule has 1 N–H and O–H groups in total. The van der Waals surface area contributed by atoms with Crippen LogP contribution >= 0.6 is 0 Å². The Labute approximate surface area is 155 Å². The van der Waals surface area contributed by atoms with Crippen molar-refractivity contribution in [2.75, 3.05) is 26.2 Å². The van der Waals surface area contributed by atoms with Crippen LogP contribution in [0.15, 0.2) is 35.2 Å². The van der Waals surface area contributed by atoms with Crippen LogP contribution in [0.25, 0.3) is 0 Å². The number of piperidine rings is 1. The van der Waals surface area contributed by atoms with Crippen molar-refractivity contribution in [3.05, 3.63) is 30.3 Å². The number of piperazine rings is 1. The standard InChI is InChI=1S/C19H27N3O3S/c23-19(14-15-12-16-6-7-17(13-15)20-16)21-8-10-22(11-9-21)26(24,25)18-4-2-1-3-5-18/h1-5,15-17,20H,6-14H2. The molecule has 0 aromatic heterocycles. The molecule has 3 heterocycles. The molecule has 26 heavy (non-hydrogen) atoms. The largest absolute Gasteiger partial charge is 0.340 e. The predicted molar refractivity (Wildman–Crippen MR) is 99.1 cm³/mol. The Kier molecular flexibility index (Phi) is 5.03. The van der Waals surface area contributed by atoms with E-state index in [1.807, 2.05) is 11.0 Å². The van der Waals surface area contributed by atoms with Gasteiger partial charge in [-0.25, -0.2) is 8.42 Å². The Bertz CT molecular complexity index is 733. The molecule has 1 amide bonds. The van der Waals surface area contributed by atoms with Gasteiger partial charge in [0.05, 0.1) is 4.90 Å². The predicted octanol–water partition coefficient (Wildman–Crippen LogP) is 1.44. The lowest BCUT2D eigenvalue weighted by atomic mass is 9.89. The molecule has 6 nitrogen and oxygen atoms in total. The van der Waals surface area contributed by atoms with Crippen molar-refractivity contribution in [1.29, 1.82) is 0 Å². The lowest BCUT2D eigenvalue weighted by molar-refractivity contribution is -0.133. The molecular formula is C19H27N3O3S. The van der Waals surface area contributed by atoms with E-state index in [1.54, 1.807) is 24.3 Å². The van der Waals surface area contributed by atoms with E-state index in [0.717, 1.165) is 12.8 Å². The SMILES string of the molecule is O=C(CC1CC2CCC(C1)N2)N1CCN(S(=O)(=O)c2ccccc2)CC1. The van der Waals surface area contributed by atoms with Gasteiger partial charge in [-0.3, -0.25) is 4.79 Å². The van der Waals surface area contributed by atoms with E-state index >= 15 is 0 Å². The highest BCUT2D eigenvalue weighted by atomic mass is 32.2. The molecule has 2 atom stereocenters. The smallest absolute Gasteiger partial charge is 0.243 e. The number of carbonyl (C=O) groups excluding carboxylic acids is 1. The molecule has 0 saturated carbocycles. The van der Waals surface area contributed by atoms with Crippen molar-refractivity contribution in [3.63, 3.8) is 0 Å². The third-order valence-corrected chi connectivity index (χ3v) is 7.92. The van der Waals surface area contributed by atoms with Gasteiger partial charge in [-0.2, -0.15) is 4.31 Å². The minimum absolute atomic E-state index is 0.188. The topological polar surface area (TPSA) is 69.7 Å². The summed E-state index contributed by atoms with van der Waals surface area (Å²) < 4.78 is 26.8. The highest BCUT2D eigenvalue weighted by Gasteiger charge is 2.36. The fourth-order valence-electron chi connectivity index (χ4n) is 4.64. The molecule has 2 unspecified atom stereocenters. The average Bonchev–Trinajstić information content (AvgIpc) is 3.01. The van der Waals surface area contributed by atoms with Gasteiger partial charge in [0.15, 0.2) is 0 Å². The molecule has 3 aliphatic rings. The highest BCUT2D eigenvalue weighted by Crippen LogP contribution is 2.33. The van der Waals surface area contributed by atoms with Crippen LogP contribution in [0.2, 0.25) is 0 Å². The number of hydrogen-bond donors (Lipinski definition) is 1. The van der Waals surface area contributed by atoms with E-state index in [2.05, 4.69) is 5.32 Å². The number of amides is 1. The number of fused-ring (bicyclic) bond motifs is 2. The first kappa shape index (κ1) is 17.9. The van der Waals surface area contributed by atoms with Gasteiger partial charge in [0.25, 0.3) is 0 Å². The van der Waals surface area contributed by atoms with E-state index < -0.39 is 10.0 Å². The summed E-state index contributed by atoms with van der Waals surface area (Å²) in [6.07, 6.45) is 5.30. The normalized spacial score (nSPS) is 29.7. The van der Waals surface area contributed by atoms with Crippen LogP contribution < -0.4 is 5.32 Å². The quantitative estimate of drug-likeness (QED) is 0.862. The molecule has 3 saturated heterocycles. The lowest BCUT2D eigenvalue weighted by Gasteiger charge is -2.35. The maximum Gasteiger partial charge on any atom is 0.243 e. The van der Waals surface area contributed by atoms with Crippen LogP contribution in [0.1, 0.15) is 32.1 Å². The number of rotatable bonds is 4. The summed E-state index contributed by atoms with van der Waals surface area (Å²) in [6, 6.07) is 9.72. The number of benzene rings is 1. The zero-order valence-electron chi connectivity index (χ0n) is 15.0. The zero-order chi connectivity index (χ0) is 18.1. The van der Waals surface area contributed by atoms with Crippen LogP contribution in [0.3, 0.4) is 0 Å². The third kappa shape index (κ3) is 3.66. The summed E-state index contributed by atoms with van der Waals surface area (Å²) in [5, 5.41) is 3.61. The Morgan fingerprint density at radius 2 is 1.62 bits per heavy atom. The Morgan fingerprint density at radius 3 is 2.23 bits per heavy atom. The first-order valence-electron chi connectivity index (χ1n) is 9.61. The number of carbonyl (C=O) groups is 1.